The minimum absolute atomic E-state index is 0.0367. The third-order valence-electron chi connectivity index (χ3n) is 9.64. The molecule has 0 aromatic heterocycles. The quantitative estimate of drug-likeness (QED) is 0.0284. The average molecular weight is 763 g/mol. The highest BCUT2D eigenvalue weighted by molar-refractivity contribution is 7.47. The smallest absolute Gasteiger partial charge is 0.462 e. The highest BCUT2D eigenvalue weighted by Crippen LogP contribution is 2.43. The van der Waals surface area contributed by atoms with E-state index in [9.17, 15) is 19.0 Å². The maximum atomic E-state index is 12.7. The highest BCUT2D eigenvalue weighted by Gasteiger charge is 2.27. The molecule has 52 heavy (non-hydrogen) atoms. The van der Waals surface area contributed by atoms with Gasteiger partial charge in [-0.3, -0.25) is 18.6 Å². The molecule has 0 aromatic carbocycles. The van der Waals surface area contributed by atoms with Crippen LogP contribution in [-0.4, -0.2) is 74.9 Å². The van der Waals surface area contributed by atoms with Gasteiger partial charge in [-0.25, -0.2) is 4.57 Å². The normalized spacial score (nSPS) is 13.6. The zero-order valence-electron chi connectivity index (χ0n) is 34.8. The molecule has 0 amide bonds. The molecule has 9 nitrogen and oxygen atoms in total. The molecule has 0 aliphatic carbocycles. The highest BCUT2D eigenvalue weighted by atomic mass is 31.2. The van der Waals surface area contributed by atoms with Crippen molar-refractivity contribution >= 4 is 19.8 Å². The number of rotatable bonds is 40. The van der Waals surface area contributed by atoms with Crippen LogP contribution in [0.25, 0.3) is 0 Å². The molecule has 0 saturated heterocycles. The van der Waals surface area contributed by atoms with Gasteiger partial charge in [-0.05, 0) is 12.8 Å². The summed E-state index contributed by atoms with van der Waals surface area (Å²) in [5.74, 6) is -0.785. The zero-order chi connectivity index (χ0) is 38.6. The molecule has 0 saturated carbocycles. The van der Waals surface area contributed by atoms with E-state index >= 15 is 0 Å². The summed E-state index contributed by atoms with van der Waals surface area (Å²) < 4.78 is 34.3. The van der Waals surface area contributed by atoms with Gasteiger partial charge in [-0.2, -0.15) is 0 Å². The molecule has 1 N–H and O–H groups in total. The maximum absolute atomic E-state index is 12.7. The van der Waals surface area contributed by atoms with E-state index in [0.29, 0.717) is 17.4 Å². The number of phosphoric ester groups is 1. The lowest BCUT2D eigenvalue weighted by atomic mass is 10.0. The first-order valence-electron chi connectivity index (χ1n) is 21.8. The van der Waals surface area contributed by atoms with Gasteiger partial charge in [-0.15, -0.1) is 0 Å². The van der Waals surface area contributed by atoms with Crippen LogP contribution in [0.1, 0.15) is 206 Å². The van der Waals surface area contributed by atoms with Crippen LogP contribution < -0.4 is 0 Å². The summed E-state index contributed by atoms with van der Waals surface area (Å²) in [6.07, 6.45) is 34.2. The Hall–Kier alpha value is -0.990. The molecule has 0 radical (unpaired) electrons. The van der Waals surface area contributed by atoms with E-state index < -0.39 is 26.5 Å². The van der Waals surface area contributed by atoms with Crippen LogP contribution in [0, 0.1) is 0 Å². The lowest BCUT2D eigenvalue weighted by Crippen LogP contribution is -2.37. The Morgan fingerprint density at radius 3 is 1.23 bits per heavy atom. The minimum Gasteiger partial charge on any atom is -0.462 e. The van der Waals surface area contributed by atoms with Crippen LogP contribution in [0.3, 0.4) is 0 Å². The first-order valence-corrected chi connectivity index (χ1v) is 23.3. The summed E-state index contributed by atoms with van der Waals surface area (Å²) in [5, 5.41) is 0. The summed E-state index contributed by atoms with van der Waals surface area (Å²) in [6.45, 7) is 4.45. The molecule has 0 heterocycles. The SMILES string of the molecule is CCCCCCCCCCCCCCCCCC(=O)OC[C@@H](COP(=O)(O)OCC[N+](C)(C)C)OC(=O)CCCCCCCCCCCCCCC. The number of hydrogen-bond donors (Lipinski definition) is 1. The molecule has 0 aliphatic heterocycles. The number of carbonyl (C=O) groups excluding carboxylic acids is 2. The van der Waals surface area contributed by atoms with E-state index in [0.717, 1.165) is 38.5 Å². The Labute approximate surface area is 321 Å². The van der Waals surface area contributed by atoms with Crippen LogP contribution in [0.2, 0.25) is 0 Å². The Morgan fingerprint density at radius 2 is 0.865 bits per heavy atom. The fourth-order valence-corrected chi connectivity index (χ4v) is 6.93. The summed E-state index contributed by atoms with van der Waals surface area (Å²) in [7, 11) is 1.49. The van der Waals surface area contributed by atoms with Crippen molar-refractivity contribution < 1.29 is 42.1 Å². The minimum atomic E-state index is -4.36. The van der Waals surface area contributed by atoms with Crippen molar-refractivity contribution in [2.24, 2.45) is 0 Å². The van der Waals surface area contributed by atoms with Crippen molar-refractivity contribution in [2.45, 2.75) is 213 Å². The lowest BCUT2D eigenvalue weighted by Gasteiger charge is -2.24. The van der Waals surface area contributed by atoms with Crippen LogP contribution in [0.5, 0.6) is 0 Å². The van der Waals surface area contributed by atoms with Crippen molar-refractivity contribution in [1.82, 2.24) is 0 Å². The Morgan fingerprint density at radius 1 is 0.519 bits per heavy atom. The molecule has 0 aliphatic rings. The Balaban J connectivity index is 4.32. The van der Waals surface area contributed by atoms with Crippen molar-refractivity contribution in [3.63, 3.8) is 0 Å². The largest absolute Gasteiger partial charge is 0.472 e. The Kier molecular flexibility index (Phi) is 35.0. The third kappa shape index (κ3) is 38.7. The molecule has 0 spiro atoms. The molecule has 10 heteroatoms. The monoisotopic (exact) mass is 763 g/mol. The van der Waals surface area contributed by atoms with Gasteiger partial charge in [0.2, 0.25) is 0 Å². The molecule has 310 valence electrons. The van der Waals surface area contributed by atoms with Crippen molar-refractivity contribution in [1.29, 1.82) is 0 Å². The van der Waals surface area contributed by atoms with Crippen molar-refractivity contribution in [2.75, 3.05) is 47.5 Å². The van der Waals surface area contributed by atoms with Gasteiger partial charge in [0, 0.05) is 12.8 Å². The van der Waals surface area contributed by atoms with E-state index in [1.807, 2.05) is 21.1 Å². The summed E-state index contributed by atoms with van der Waals surface area (Å²) in [4.78, 5) is 35.3. The number of likely N-dealkylation sites (N-methyl/N-ethyl adjacent to an activating group) is 1. The predicted molar refractivity (Wildman–Crippen MR) is 215 cm³/mol. The number of nitrogens with zero attached hydrogens (tertiary/aromatic N) is 1. The number of carbonyl (C=O) groups is 2. The molecule has 1 unspecified atom stereocenters. The van der Waals surface area contributed by atoms with Crippen LogP contribution in [0.4, 0.5) is 0 Å². The summed E-state index contributed by atoms with van der Waals surface area (Å²) in [6, 6.07) is 0. The average Bonchev–Trinajstić information content (AvgIpc) is 3.09. The van der Waals surface area contributed by atoms with Crippen LogP contribution in [-0.2, 0) is 32.7 Å². The van der Waals surface area contributed by atoms with Crippen molar-refractivity contribution in [3.8, 4) is 0 Å². The number of esters is 2. The lowest BCUT2D eigenvalue weighted by molar-refractivity contribution is -0.870. The van der Waals surface area contributed by atoms with E-state index in [1.54, 1.807) is 0 Å². The summed E-state index contributed by atoms with van der Waals surface area (Å²) >= 11 is 0. The van der Waals surface area contributed by atoms with E-state index in [4.69, 9.17) is 18.5 Å². The third-order valence-corrected chi connectivity index (χ3v) is 10.6. The molecule has 0 rings (SSSR count). The van der Waals surface area contributed by atoms with Gasteiger partial charge in [0.1, 0.15) is 19.8 Å². The van der Waals surface area contributed by atoms with E-state index in [-0.39, 0.29) is 25.6 Å². The number of phosphoric acid groups is 1. The molecule has 0 fully saturated rings. The topological polar surface area (TPSA) is 108 Å². The number of quaternary nitrogens is 1. The zero-order valence-corrected chi connectivity index (χ0v) is 35.7. The van der Waals surface area contributed by atoms with Gasteiger partial charge < -0.3 is 18.9 Å². The van der Waals surface area contributed by atoms with Gasteiger partial charge in [0.15, 0.2) is 6.10 Å². The second-order valence-corrected chi connectivity index (χ2v) is 17.6. The van der Waals surface area contributed by atoms with E-state index in [2.05, 4.69) is 13.8 Å². The molecule has 0 bridgehead atoms. The fourth-order valence-electron chi connectivity index (χ4n) is 6.19. The molecule has 2 atom stereocenters. The van der Waals surface area contributed by atoms with Crippen molar-refractivity contribution in [3.05, 3.63) is 0 Å². The van der Waals surface area contributed by atoms with Crippen LogP contribution >= 0.6 is 7.82 Å². The van der Waals surface area contributed by atoms with Gasteiger partial charge in [0.25, 0.3) is 0 Å². The number of hydrogen-bond acceptors (Lipinski definition) is 7. The predicted octanol–water partition coefficient (Wildman–Crippen LogP) is 12.0. The van der Waals surface area contributed by atoms with Gasteiger partial charge in [-0.1, -0.05) is 181 Å². The standard InChI is InChI=1S/C42H84NO8P/c1-6-8-10-12-14-16-18-20-21-23-24-26-28-30-32-34-41(44)48-38-40(39-50-52(46,47)49-37-36-43(3,4)5)51-42(45)35-33-31-29-27-25-22-19-17-15-13-11-9-7-2/h40H,6-39H2,1-5H3/p+1/t40-/m0/s1. The van der Waals surface area contributed by atoms with Gasteiger partial charge >= 0.3 is 19.8 Å². The van der Waals surface area contributed by atoms with E-state index in [1.165, 1.54) is 141 Å². The number of unbranched alkanes of at least 4 members (excludes halogenated alkanes) is 26. The molecule has 0 aromatic rings. The van der Waals surface area contributed by atoms with Gasteiger partial charge in [0.05, 0.1) is 27.7 Å². The Bertz CT molecular complexity index is 865. The molecular weight excluding hydrogens is 677 g/mol. The van der Waals surface area contributed by atoms with Crippen LogP contribution in [0.15, 0.2) is 0 Å². The first-order chi connectivity index (χ1) is 25.0. The molecular formula is C42H85NO8P+. The number of ether oxygens (including phenoxy) is 2. The maximum Gasteiger partial charge on any atom is 0.472 e. The first kappa shape index (κ1) is 51.0. The second-order valence-electron chi connectivity index (χ2n) is 16.1. The fraction of sp³-hybridized carbons (Fsp3) is 0.952. The second kappa shape index (κ2) is 35.7. The summed E-state index contributed by atoms with van der Waals surface area (Å²) in [5.41, 5.74) is 0.